The van der Waals surface area contributed by atoms with Crippen molar-refractivity contribution in [2.75, 3.05) is 0 Å². The Labute approximate surface area is 156 Å². The fourth-order valence-electron chi connectivity index (χ4n) is 2.41. The van der Waals surface area contributed by atoms with Gasteiger partial charge in [0.25, 0.3) is 0 Å². The number of nitrogens with zero attached hydrogens (tertiary/aromatic N) is 1. The van der Waals surface area contributed by atoms with Crippen LogP contribution >= 0.6 is 11.6 Å². The number of hydrogen-bond donors (Lipinski definition) is 0. The summed E-state index contributed by atoms with van der Waals surface area (Å²) < 4.78 is 5.41. The fraction of sp³-hybridized carbons (Fsp3) is 0. The summed E-state index contributed by atoms with van der Waals surface area (Å²) in [5.74, 6) is -0.0157. The molecule has 0 atom stereocenters. The lowest BCUT2D eigenvalue weighted by Gasteiger charge is -2.06. The van der Waals surface area contributed by atoms with Gasteiger partial charge >= 0.3 is 5.97 Å². The van der Waals surface area contributed by atoms with Gasteiger partial charge in [0.1, 0.15) is 5.75 Å². The summed E-state index contributed by atoms with van der Waals surface area (Å²) in [6.07, 6.45) is 1.73. The minimum absolute atomic E-state index is 0.413. The Bertz CT molecular complexity index is 1000. The molecule has 3 aromatic rings. The highest BCUT2D eigenvalue weighted by Crippen LogP contribution is 2.23. The number of carbonyl (C=O) groups is 1. The van der Waals surface area contributed by atoms with Gasteiger partial charge in [-0.1, -0.05) is 54.1 Å². The Morgan fingerprint density at radius 3 is 2.38 bits per heavy atom. The first kappa shape index (κ1) is 17.5. The molecule has 4 heteroatoms. The first-order valence-electron chi connectivity index (χ1n) is 7.91. The number of allylic oxidation sites excluding steroid dienone is 1. The zero-order chi connectivity index (χ0) is 18.4. The number of rotatable bonds is 4. The van der Waals surface area contributed by atoms with Gasteiger partial charge in [-0.05, 0) is 53.6 Å². The van der Waals surface area contributed by atoms with Crippen LogP contribution in [-0.2, 0) is 0 Å². The van der Waals surface area contributed by atoms with E-state index >= 15 is 0 Å². The van der Waals surface area contributed by atoms with Crippen LogP contribution < -0.4 is 4.74 Å². The highest BCUT2D eigenvalue weighted by molar-refractivity contribution is 6.30. The Morgan fingerprint density at radius 1 is 0.923 bits per heavy atom. The Kier molecular flexibility index (Phi) is 5.48. The van der Waals surface area contributed by atoms with Crippen LogP contribution in [-0.4, -0.2) is 5.97 Å². The summed E-state index contributed by atoms with van der Waals surface area (Å²) >= 11 is 6.00. The Balaban J connectivity index is 1.85. The third-order valence-corrected chi connectivity index (χ3v) is 3.88. The first-order valence-corrected chi connectivity index (χ1v) is 8.28. The summed E-state index contributed by atoms with van der Waals surface area (Å²) in [6.45, 7) is 0. The monoisotopic (exact) mass is 359 g/mol. The van der Waals surface area contributed by atoms with Crippen molar-refractivity contribution in [3.63, 3.8) is 0 Å². The molecule has 0 aliphatic carbocycles. The third-order valence-electron chi connectivity index (χ3n) is 3.65. The van der Waals surface area contributed by atoms with Crippen LogP contribution in [0.4, 0.5) is 0 Å². The van der Waals surface area contributed by atoms with E-state index in [1.807, 2.05) is 18.2 Å². The maximum atomic E-state index is 12.2. The number of benzene rings is 3. The lowest BCUT2D eigenvalue weighted by atomic mass is 10.0. The van der Waals surface area contributed by atoms with Crippen LogP contribution in [0.25, 0.3) is 11.6 Å². The molecule has 0 unspecified atom stereocenters. The molecule has 0 fully saturated rings. The predicted octanol–water partition coefficient (Wildman–Crippen LogP) is 5.62. The van der Waals surface area contributed by atoms with Crippen molar-refractivity contribution in [3.05, 3.63) is 101 Å². The minimum Gasteiger partial charge on any atom is -0.423 e. The quantitative estimate of drug-likeness (QED) is 0.263. The molecule has 0 radical (unpaired) electrons. The van der Waals surface area contributed by atoms with Crippen molar-refractivity contribution in [1.29, 1.82) is 5.26 Å². The molecule has 0 spiro atoms. The van der Waals surface area contributed by atoms with Gasteiger partial charge in [0.2, 0.25) is 0 Å². The van der Waals surface area contributed by atoms with Gasteiger partial charge in [-0.15, -0.1) is 0 Å². The van der Waals surface area contributed by atoms with E-state index in [-0.39, 0.29) is 0 Å². The van der Waals surface area contributed by atoms with Crippen LogP contribution in [0.15, 0.2) is 78.9 Å². The van der Waals surface area contributed by atoms with Crippen molar-refractivity contribution in [2.24, 2.45) is 0 Å². The van der Waals surface area contributed by atoms with E-state index in [0.29, 0.717) is 21.9 Å². The Hall–Kier alpha value is -3.35. The van der Waals surface area contributed by atoms with Gasteiger partial charge in [-0.25, -0.2) is 4.79 Å². The highest BCUT2D eigenvalue weighted by Gasteiger charge is 2.08. The standard InChI is InChI=1S/C22H14ClNO2/c23-20-10-5-9-18(14-20)19(15-24)12-16-6-4-11-21(13-16)26-22(25)17-7-2-1-3-8-17/h1-14H/b19-12-. The van der Waals surface area contributed by atoms with E-state index in [4.69, 9.17) is 16.3 Å². The van der Waals surface area contributed by atoms with E-state index in [1.54, 1.807) is 66.7 Å². The zero-order valence-corrected chi connectivity index (χ0v) is 14.5. The summed E-state index contributed by atoms with van der Waals surface area (Å²) in [5, 5.41) is 10.0. The topological polar surface area (TPSA) is 50.1 Å². The Morgan fingerprint density at radius 2 is 1.65 bits per heavy atom. The molecule has 0 aromatic heterocycles. The number of esters is 1. The molecular formula is C22H14ClNO2. The number of nitriles is 1. The maximum absolute atomic E-state index is 12.2. The molecule has 0 amide bonds. The number of halogens is 1. The molecule has 0 bridgehead atoms. The van der Waals surface area contributed by atoms with Crippen molar-refractivity contribution >= 4 is 29.2 Å². The molecule has 0 saturated carbocycles. The largest absolute Gasteiger partial charge is 0.423 e. The zero-order valence-electron chi connectivity index (χ0n) is 13.7. The summed E-state index contributed by atoms with van der Waals surface area (Å²) in [5.41, 5.74) is 2.43. The molecule has 0 saturated heterocycles. The van der Waals surface area contributed by atoms with Crippen molar-refractivity contribution in [1.82, 2.24) is 0 Å². The predicted molar refractivity (Wildman–Crippen MR) is 103 cm³/mol. The average molecular weight is 360 g/mol. The SMILES string of the molecule is N#C/C(=C/c1cccc(OC(=O)c2ccccc2)c1)c1cccc(Cl)c1. The molecule has 0 aliphatic heterocycles. The summed E-state index contributed by atoms with van der Waals surface area (Å²) in [4.78, 5) is 12.2. The second kappa shape index (κ2) is 8.15. The van der Waals surface area contributed by atoms with E-state index in [1.165, 1.54) is 0 Å². The van der Waals surface area contributed by atoms with E-state index in [0.717, 1.165) is 11.1 Å². The minimum atomic E-state index is -0.429. The van der Waals surface area contributed by atoms with Crippen LogP contribution in [0, 0.1) is 11.3 Å². The third kappa shape index (κ3) is 4.38. The fourth-order valence-corrected chi connectivity index (χ4v) is 2.60. The summed E-state index contributed by atoms with van der Waals surface area (Å²) in [6, 6.07) is 25.1. The molecule has 3 rings (SSSR count). The molecule has 0 N–H and O–H groups in total. The van der Waals surface area contributed by atoms with Crippen LogP contribution in [0.1, 0.15) is 21.5 Å². The lowest BCUT2D eigenvalue weighted by molar-refractivity contribution is 0.0735. The van der Waals surface area contributed by atoms with E-state index in [2.05, 4.69) is 6.07 Å². The molecule has 0 heterocycles. The van der Waals surface area contributed by atoms with Gasteiger partial charge in [0, 0.05) is 5.02 Å². The molecule has 3 aromatic carbocycles. The number of carbonyl (C=O) groups excluding carboxylic acids is 1. The van der Waals surface area contributed by atoms with Gasteiger partial charge in [0.05, 0.1) is 17.2 Å². The van der Waals surface area contributed by atoms with Gasteiger partial charge in [-0.2, -0.15) is 5.26 Å². The molecule has 0 aliphatic rings. The second-order valence-corrected chi connectivity index (χ2v) is 5.94. The summed E-state index contributed by atoms with van der Waals surface area (Å²) in [7, 11) is 0. The van der Waals surface area contributed by atoms with Crippen LogP contribution in [0.3, 0.4) is 0 Å². The van der Waals surface area contributed by atoms with Gasteiger partial charge in [-0.3, -0.25) is 0 Å². The van der Waals surface area contributed by atoms with Crippen molar-refractivity contribution in [3.8, 4) is 11.8 Å². The van der Waals surface area contributed by atoms with Crippen LogP contribution in [0.5, 0.6) is 5.75 Å². The maximum Gasteiger partial charge on any atom is 0.343 e. The van der Waals surface area contributed by atoms with Crippen molar-refractivity contribution < 1.29 is 9.53 Å². The molecular weight excluding hydrogens is 346 g/mol. The van der Waals surface area contributed by atoms with Crippen LogP contribution in [0.2, 0.25) is 5.02 Å². The highest BCUT2D eigenvalue weighted by atomic mass is 35.5. The van der Waals surface area contributed by atoms with E-state index < -0.39 is 5.97 Å². The average Bonchev–Trinajstić information content (AvgIpc) is 2.67. The van der Waals surface area contributed by atoms with Crippen molar-refractivity contribution in [2.45, 2.75) is 0 Å². The van der Waals surface area contributed by atoms with E-state index in [9.17, 15) is 10.1 Å². The second-order valence-electron chi connectivity index (χ2n) is 5.51. The number of ether oxygens (including phenoxy) is 1. The normalized spacial score (nSPS) is 10.8. The molecule has 3 nitrogen and oxygen atoms in total. The number of hydrogen-bond acceptors (Lipinski definition) is 3. The van der Waals surface area contributed by atoms with Gasteiger partial charge in [0.15, 0.2) is 0 Å². The van der Waals surface area contributed by atoms with Gasteiger partial charge < -0.3 is 4.74 Å². The lowest BCUT2D eigenvalue weighted by Crippen LogP contribution is -2.08. The molecule has 126 valence electrons. The molecule has 26 heavy (non-hydrogen) atoms. The smallest absolute Gasteiger partial charge is 0.343 e. The first-order chi connectivity index (χ1) is 12.7.